The number of thiophene rings is 1. The Hall–Kier alpha value is -2.40. The summed E-state index contributed by atoms with van der Waals surface area (Å²) >= 11 is 1.52. The first kappa shape index (κ1) is 16.1. The van der Waals surface area contributed by atoms with Crippen LogP contribution in [0.2, 0.25) is 0 Å². The van der Waals surface area contributed by atoms with E-state index < -0.39 is 5.63 Å². The molecule has 0 N–H and O–H groups in total. The van der Waals surface area contributed by atoms with Crippen LogP contribution in [-0.2, 0) is 30.6 Å². The molecule has 1 aromatic carbocycles. The van der Waals surface area contributed by atoms with E-state index in [0.717, 1.165) is 30.2 Å². The fraction of sp³-hybridized carbons (Fsp3) is 0.300. The molecule has 0 amide bonds. The maximum atomic E-state index is 12.3. The van der Waals surface area contributed by atoms with Crippen LogP contribution in [0.5, 0.6) is 0 Å². The average Bonchev–Trinajstić information content (AvgIpc) is 3.20. The lowest BCUT2D eigenvalue weighted by Gasteiger charge is -2.07. The number of fused-ring (bicyclic) bond motifs is 2. The highest BCUT2D eigenvalue weighted by Crippen LogP contribution is 2.31. The number of carbonyl (C=O) groups is 1. The second kappa shape index (κ2) is 6.48. The van der Waals surface area contributed by atoms with Crippen LogP contribution >= 0.6 is 11.3 Å². The lowest BCUT2D eigenvalue weighted by atomic mass is 10.1. The molecule has 3 aromatic rings. The van der Waals surface area contributed by atoms with E-state index in [4.69, 9.17) is 9.15 Å². The van der Waals surface area contributed by atoms with E-state index in [0.29, 0.717) is 16.0 Å². The van der Waals surface area contributed by atoms with Gasteiger partial charge in [-0.3, -0.25) is 0 Å². The number of hydrogen-bond acceptors (Lipinski definition) is 5. The van der Waals surface area contributed by atoms with Crippen molar-refractivity contribution in [3.8, 4) is 0 Å². The van der Waals surface area contributed by atoms with Crippen LogP contribution in [0.15, 0.2) is 39.5 Å². The summed E-state index contributed by atoms with van der Waals surface area (Å²) in [4.78, 5) is 26.1. The number of hydrogen-bond donors (Lipinski definition) is 0. The van der Waals surface area contributed by atoms with E-state index in [2.05, 4.69) is 0 Å². The van der Waals surface area contributed by atoms with Crippen molar-refractivity contribution in [1.82, 2.24) is 0 Å². The molecule has 5 heteroatoms. The average molecular weight is 354 g/mol. The number of ether oxygens (including phenoxy) is 1. The molecular weight excluding hydrogens is 336 g/mol. The number of benzene rings is 1. The fourth-order valence-corrected chi connectivity index (χ4v) is 4.41. The summed E-state index contributed by atoms with van der Waals surface area (Å²) in [5, 5.41) is 0.804. The molecule has 0 fully saturated rings. The molecule has 1 aliphatic carbocycles. The zero-order valence-corrected chi connectivity index (χ0v) is 14.8. The third-order valence-corrected chi connectivity index (χ3v) is 5.83. The Kier molecular flexibility index (Phi) is 4.17. The molecule has 128 valence electrons. The molecule has 0 radical (unpaired) electrons. The number of aryl methyl sites for hydroxylation is 3. The maximum Gasteiger partial charge on any atom is 0.348 e. The van der Waals surface area contributed by atoms with Crippen molar-refractivity contribution in [2.75, 3.05) is 0 Å². The van der Waals surface area contributed by atoms with Crippen molar-refractivity contribution < 1.29 is 13.9 Å². The van der Waals surface area contributed by atoms with Gasteiger partial charge in [0.1, 0.15) is 17.1 Å². The Morgan fingerprint density at radius 3 is 2.92 bits per heavy atom. The van der Waals surface area contributed by atoms with Gasteiger partial charge in [0.05, 0.1) is 0 Å². The molecule has 1 aliphatic rings. The summed E-state index contributed by atoms with van der Waals surface area (Å²) < 4.78 is 10.7. The summed E-state index contributed by atoms with van der Waals surface area (Å²) in [5.41, 5.74) is 3.15. The highest BCUT2D eigenvalue weighted by Gasteiger charge is 2.19. The molecule has 2 heterocycles. The number of rotatable bonds is 4. The largest absolute Gasteiger partial charge is 0.457 e. The van der Waals surface area contributed by atoms with Crippen molar-refractivity contribution >= 4 is 28.3 Å². The summed E-state index contributed by atoms with van der Waals surface area (Å²) in [7, 11) is 0. The van der Waals surface area contributed by atoms with Crippen LogP contribution in [-0.4, -0.2) is 5.97 Å². The van der Waals surface area contributed by atoms with Crippen molar-refractivity contribution in [3.63, 3.8) is 0 Å². The third kappa shape index (κ3) is 3.12. The quantitative estimate of drug-likeness (QED) is 0.519. The zero-order valence-electron chi connectivity index (χ0n) is 14.0. The Morgan fingerprint density at radius 1 is 1.24 bits per heavy atom. The minimum atomic E-state index is -0.429. The molecule has 4 nitrogen and oxygen atoms in total. The first-order chi connectivity index (χ1) is 12.1. The second-order valence-electron chi connectivity index (χ2n) is 6.26. The summed E-state index contributed by atoms with van der Waals surface area (Å²) in [6, 6.07) is 9.12. The van der Waals surface area contributed by atoms with Crippen LogP contribution in [0.1, 0.15) is 44.6 Å². The van der Waals surface area contributed by atoms with E-state index in [1.165, 1.54) is 34.3 Å². The van der Waals surface area contributed by atoms with E-state index in [1.807, 2.05) is 31.2 Å². The van der Waals surface area contributed by atoms with Gasteiger partial charge >= 0.3 is 11.6 Å². The topological polar surface area (TPSA) is 56.5 Å². The number of carbonyl (C=O) groups excluding carboxylic acids is 1. The summed E-state index contributed by atoms with van der Waals surface area (Å²) in [6.07, 6.45) is 4.13. The Bertz CT molecular complexity index is 991. The van der Waals surface area contributed by atoms with Crippen molar-refractivity contribution in [3.05, 3.63) is 67.2 Å². The van der Waals surface area contributed by atoms with Gasteiger partial charge in [0.2, 0.25) is 0 Å². The van der Waals surface area contributed by atoms with Crippen molar-refractivity contribution in [1.29, 1.82) is 0 Å². The molecule has 0 spiro atoms. The molecular formula is C20H18O4S. The molecule has 0 aliphatic heterocycles. The fourth-order valence-electron chi connectivity index (χ4n) is 3.26. The van der Waals surface area contributed by atoms with Gasteiger partial charge in [-0.1, -0.05) is 19.1 Å². The van der Waals surface area contributed by atoms with E-state index in [9.17, 15) is 9.59 Å². The molecule has 0 unspecified atom stereocenters. The smallest absolute Gasteiger partial charge is 0.348 e. The minimum Gasteiger partial charge on any atom is -0.457 e. The first-order valence-electron chi connectivity index (χ1n) is 8.48. The number of esters is 1. The van der Waals surface area contributed by atoms with Gasteiger partial charge < -0.3 is 9.15 Å². The van der Waals surface area contributed by atoms with Gasteiger partial charge in [-0.25, -0.2) is 9.59 Å². The highest BCUT2D eigenvalue weighted by molar-refractivity contribution is 7.14. The molecule has 0 saturated carbocycles. The molecule has 0 atom stereocenters. The second-order valence-corrected chi connectivity index (χ2v) is 7.40. The standard InChI is InChI=1S/C20H18O4S/c1-2-12-6-7-15-14(10-19(21)24-16(15)8-12)11-23-20(22)18-9-13-4-3-5-17(13)25-18/h6-10H,2-5,11H2,1H3. The highest BCUT2D eigenvalue weighted by atomic mass is 32.1. The predicted molar refractivity (Wildman–Crippen MR) is 97.3 cm³/mol. The van der Waals surface area contributed by atoms with Crippen molar-refractivity contribution in [2.24, 2.45) is 0 Å². The summed E-state index contributed by atoms with van der Waals surface area (Å²) in [5.74, 6) is -0.328. The van der Waals surface area contributed by atoms with Crippen LogP contribution in [0.25, 0.3) is 11.0 Å². The molecule has 0 bridgehead atoms. The molecule has 4 rings (SSSR count). The predicted octanol–water partition coefficient (Wildman–Crippen LogP) is 4.26. The van der Waals surface area contributed by atoms with Gasteiger partial charge in [0.15, 0.2) is 0 Å². The van der Waals surface area contributed by atoms with Crippen LogP contribution < -0.4 is 5.63 Å². The zero-order chi connectivity index (χ0) is 17.4. The Morgan fingerprint density at radius 2 is 2.12 bits per heavy atom. The maximum absolute atomic E-state index is 12.3. The molecule has 0 saturated heterocycles. The minimum absolute atomic E-state index is 0.0645. The lowest BCUT2D eigenvalue weighted by molar-refractivity contribution is 0.0479. The van der Waals surface area contributed by atoms with Crippen LogP contribution in [0.3, 0.4) is 0 Å². The monoisotopic (exact) mass is 354 g/mol. The molecule has 25 heavy (non-hydrogen) atoms. The van der Waals surface area contributed by atoms with Gasteiger partial charge in [0, 0.05) is 21.9 Å². The normalized spacial score (nSPS) is 13.2. The van der Waals surface area contributed by atoms with E-state index in [-0.39, 0.29) is 12.6 Å². The van der Waals surface area contributed by atoms with Crippen molar-refractivity contribution in [2.45, 2.75) is 39.2 Å². The SMILES string of the molecule is CCc1ccc2c(COC(=O)c3cc4c(s3)CCC4)cc(=O)oc2c1. The van der Waals surface area contributed by atoms with Gasteiger partial charge in [-0.15, -0.1) is 11.3 Å². The van der Waals surface area contributed by atoms with Gasteiger partial charge in [-0.2, -0.15) is 0 Å². The van der Waals surface area contributed by atoms with Crippen LogP contribution in [0, 0.1) is 0 Å². The lowest BCUT2D eigenvalue weighted by Crippen LogP contribution is -2.07. The van der Waals surface area contributed by atoms with E-state index in [1.54, 1.807) is 0 Å². The van der Waals surface area contributed by atoms with Gasteiger partial charge in [-0.05, 0) is 48.9 Å². The third-order valence-electron chi connectivity index (χ3n) is 4.61. The Labute approximate surface area is 149 Å². The van der Waals surface area contributed by atoms with E-state index >= 15 is 0 Å². The molecule has 2 aromatic heterocycles. The first-order valence-corrected chi connectivity index (χ1v) is 9.30. The Balaban J connectivity index is 1.57. The summed E-state index contributed by atoms with van der Waals surface area (Å²) in [6.45, 7) is 2.11. The van der Waals surface area contributed by atoms with Crippen LogP contribution in [0.4, 0.5) is 0 Å². The van der Waals surface area contributed by atoms with Gasteiger partial charge in [0.25, 0.3) is 0 Å².